The molecule has 1 aliphatic heterocycles. The molecule has 1 aliphatic carbocycles. The van der Waals surface area contributed by atoms with Crippen LogP contribution < -0.4 is 5.32 Å². The van der Waals surface area contributed by atoms with Gasteiger partial charge in [-0.3, -0.25) is 4.79 Å². The first-order valence-electron chi connectivity index (χ1n) is 7.26. The zero-order valence-electron chi connectivity index (χ0n) is 11.0. The van der Waals surface area contributed by atoms with Crippen molar-refractivity contribution < 1.29 is 9.53 Å². The summed E-state index contributed by atoms with van der Waals surface area (Å²) in [5.74, 6) is 1.94. The Morgan fingerprint density at radius 2 is 1.83 bits per heavy atom. The Kier molecular flexibility index (Phi) is 5.77. The smallest absolute Gasteiger partial charge is 0.249 e. The summed E-state index contributed by atoms with van der Waals surface area (Å²) in [7, 11) is 0. The number of ether oxygens (including phenoxy) is 1. The highest BCUT2D eigenvalue weighted by molar-refractivity contribution is 6.18. The Balaban J connectivity index is 1.73. The molecule has 1 heterocycles. The standard InChI is InChI=1S/C14H24ClNO2/c15-9-11-5-1-2-6-12(11)10-16-14(17)13-7-3-4-8-18-13/h11-13H,1-10H2,(H,16,17). The molecule has 0 radical (unpaired) electrons. The van der Waals surface area contributed by atoms with Gasteiger partial charge in [0.2, 0.25) is 5.91 Å². The first-order valence-corrected chi connectivity index (χ1v) is 7.80. The molecule has 0 aromatic heterocycles. The van der Waals surface area contributed by atoms with Gasteiger partial charge in [0.1, 0.15) is 6.10 Å². The summed E-state index contributed by atoms with van der Waals surface area (Å²) in [6, 6.07) is 0. The van der Waals surface area contributed by atoms with E-state index in [0.717, 1.165) is 38.3 Å². The van der Waals surface area contributed by atoms with Crippen molar-refractivity contribution >= 4 is 17.5 Å². The Hall–Kier alpha value is -0.280. The lowest BCUT2D eigenvalue weighted by atomic mass is 9.80. The van der Waals surface area contributed by atoms with Crippen LogP contribution in [0.3, 0.4) is 0 Å². The van der Waals surface area contributed by atoms with E-state index in [1.165, 1.54) is 25.7 Å². The van der Waals surface area contributed by atoms with Crippen LogP contribution in [0.4, 0.5) is 0 Å². The molecule has 0 aromatic rings. The molecule has 1 amide bonds. The van der Waals surface area contributed by atoms with Gasteiger partial charge in [-0.25, -0.2) is 0 Å². The molecule has 1 N–H and O–H groups in total. The van der Waals surface area contributed by atoms with Crippen LogP contribution in [-0.4, -0.2) is 31.0 Å². The highest BCUT2D eigenvalue weighted by Gasteiger charge is 2.27. The molecule has 2 aliphatic rings. The van der Waals surface area contributed by atoms with E-state index < -0.39 is 0 Å². The van der Waals surface area contributed by atoms with Gasteiger partial charge >= 0.3 is 0 Å². The van der Waals surface area contributed by atoms with Crippen molar-refractivity contribution in [3.8, 4) is 0 Å². The molecule has 0 bridgehead atoms. The maximum Gasteiger partial charge on any atom is 0.249 e. The number of carbonyl (C=O) groups excluding carboxylic acids is 1. The number of hydrogen-bond acceptors (Lipinski definition) is 2. The van der Waals surface area contributed by atoms with Gasteiger partial charge in [0.05, 0.1) is 0 Å². The van der Waals surface area contributed by atoms with Gasteiger partial charge in [-0.15, -0.1) is 11.6 Å². The van der Waals surface area contributed by atoms with Crippen LogP contribution in [0.25, 0.3) is 0 Å². The summed E-state index contributed by atoms with van der Waals surface area (Å²) in [4.78, 5) is 12.0. The zero-order valence-corrected chi connectivity index (χ0v) is 11.8. The van der Waals surface area contributed by atoms with Crippen LogP contribution in [-0.2, 0) is 9.53 Å². The third-order valence-electron chi connectivity index (χ3n) is 4.28. The van der Waals surface area contributed by atoms with Crippen molar-refractivity contribution in [3.05, 3.63) is 0 Å². The summed E-state index contributed by atoms with van der Waals surface area (Å²) < 4.78 is 5.49. The molecular weight excluding hydrogens is 250 g/mol. The van der Waals surface area contributed by atoms with E-state index in [-0.39, 0.29) is 12.0 Å². The van der Waals surface area contributed by atoms with E-state index in [0.29, 0.717) is 11.8 Å². The van der Waals surface area contributed by atoms with Crippen LogP contribution in [0.15, 0.2) is 0 Å². The van der Waals surface area contributed by atoms with Crippen molar-refractivity contribution in [3.63, 3.8) is 0 Å². The highest BCUT2D eigenvalue weighted by atomic mass is 35.5. The summed E-state index contributed by atoms with van der Waals surface area (Å²) in [6.45, 7) is 1.50. The minimum absolute atomic E-state index is 0.0774. The minimum atomic E-state index is -0.211. The molecule has 4 heteroatoms. The molecule has 3 unspecified atom stereocenters. The van der Waals surface area contributed by atoms with Gasteiger partial charge in [0, 0.05) is 19.0 Å². The zero-order chi connectivity index (χ0) is 12.8. The van der Waals surface area contributed by atoms with Crippen molar-refractivity contribution in [2.45, 2.75) is 51.0 Å². The van der Waals surface area contributed by atoms with Gasteiger partial charge in [-0.05, 0) is 43.9 Å². The lowest BCUT2D eigenvalue weighted by molar-refractivity contribution is -0.135. The van der Waals surface area contributed by atoms with Crippen molar-refractivity contribution in [1.82, 2.24) is 5.32 Å². The molecule has 0 aromatic carbocycles. The number of hydrogen-bond donors (Lipinski definition) is 1. The van der Waals surface area contributed by atoms with E-state index in [4.69, 9.17) is 16.3 Å². The fourth-order valence-electron chi connectivity index (χ4n) is 3.05. The van der Waals surface area contributed by atoms with Crippen LogP contribution in [0.1, 0.15) is 44.9 Å². The van der Waals surface area contributed by atoms with Gasteiger partial charge in [0.15, 0.2) is 0 Å². The quantitative estimate of drug-likeness (QED) is 0.800. The van der Waals surface area contributed by atoms with Crippen LogP contribution in [0.5, 0.6) is 0 Å². The maximum atomic E-state index is 12.0. The fraction of sp³-hybridized carbons (Fsp3) is 0.929. The molecule has 18 heavy (non-hydrogen) atoms. The average molecular weight is 274 g/mol. The average Bonchev–Trinajstić information content (AvgIpc) is 2.46. The number of alkyl halides is 1. The van der Waals surface area contributed by atoms with Crippen LogP contribution >= 0.6 is 11.6 Å². The topological polar surface area (TPSA) is 38.3 Å². The number of nitrogens with one attached hydrogen (secondary N) is 1. The van der Waals surface area contributed by atoms with Gasteiger partial charge in [-0.2, -0.15) is 0 Å². The second-order valence-corrected chi connectivity index (χ2v) is 5.87. The van der Waals surface area contributed by atoms with Crippen LogP contribution in [0.2, 0.25) is 0 Å². The van der Waals surface area contributed by atoms with Crippen LogP contribution in [0, 0.1) is 11.8 Å². The Labute approximate surface area is 115 Å². The minimum Gasteiger partial charge on any atom is -0.368 e. The number of halogens is 1. The van der Waals surface area contributed by atoms with E-state index in [1.54, 1.807) is 0 Å². The summed E-state index contributed by atoms with van der Waals surface area (Å²) in [5.41, 5.74) is 0. The SMILES string of the molecule is O=C(NCC1CCCCC1CCl)C1CCCCO1. The predicted molar refractivity (Wildman–Crippen MR) is 72.8 cm³/mol. The van der Waals surface area contributed by atoms with E-state index in [9.17, 15) is 4.79 Å². The molecule has 2 rings (SSSR count). The Morgan fingerprint density at radius 1 is 1.11 bits per heavy atom. The highest BCUT2D eigenvalue weighted by Crippen LogP contribution is 2.30. The van der Waals surface area contributed by atoms with E-state index in [2.05, 4.69) is 5.32 Å². The van der Waals surface area contributed by atoms with E-state index >= 15 is 0 Å². The molecule has 0 spiro atoms. The number of rotatable bonds is 4. The molecule has 104 valence electrons. The molecule has 2 fully saturated rings. The molecule has 3 nitrogen and oxygen atoms in total. The maximum absolute atomic E-state index is 12.0. The second kappa shape index (κ2) is 7.34. The largest absolute Gasteiger partial charge is 0.368 e. The Morgan fingerprint density at radius 3 is 2.50 bits per heavy atom. The third kappa shape index (κ3) is 3.86. The fourth-order valence-corrected chi connectivity index (χ4v) is 3.46. The normalized spacial score (nSPS) is 33.1. The lowest BCUT2D eigenvalue weighted by Crippen LogP contribution is -2.42. The van der Waals surface area contributed by atoms with Crippen molar-refractivity contribution in [2.24, 2.45) is 11.8 Å². The predicted octanol–water partition coefficient (Wildman–Crippen LogP) is 2.72. The van der Waals surface area contributed by atoms with Gasteiger partial charge < -0.3 is 10.1 Å². The van der Waals surface area contributed by atoms with Gasteiger partial charge in [-0.1, -0.05) is 12.8 Å². The monoisotopic (exact) mass is 273 g/mol. The first-order chi connectivity index (χ1) is 8.81. The molecule has 1 saturated heterocycles. The second-order valence-electron chi connectivity index (χ2n) is 5.56. The summed E-state index contributed by atoms with van der Waals surface area (Å²) in [5, 5.41) is 3.06. The van der Waals surface area contributed by atoms with Gasteiger partial charge in [0.25, 0.3) is 0 Å². The van der Waals surface area contributed by atoms with E-state index in [1.807, 2.05) is 0 Å². The number of carbonyl (C=O) groups is 1. The molecule has 1 saturated carbocycles. The lowest BCUT2D eigenvalue weighted by Gasteiger charge is -2.31. The summed E-state index contributed by atoms with van der Waals surface area (Å²) >= 11 is 6.00. The number of amides is 1. The van der Waals surface area contributed by atoms with Crippen molar-refractivity contribution in [1.29, 1.82) is 0 Å². The molecular formula is C14H24ClNO2. The Bertz CT molecular complexity index is 267. The summed E-state index contributed by atoms with van der Waals surface area (Å²) in [6.07, 6.45) is 7.81. The first kappa shape index (κ1) is 14.1. The molecule has 3 atom stereocenters. The third-order valence-corrected chi connectivity index (χ3v) is 4.67. The van der Waals surface area contributed by atoms with Crippen molar-refractivity contribution in [2.75, 3.05) is 19.0 Å².